The van der Waals surface area contributed by atoms with E-state index in [4.69, 9.17) is 0 Å². The van der Waals surface area contributed by atoms with Crippen LogP contribution in [-0.2, 0) is 22.3 Å². The lowest BCUT2D eigenvalue weighted by molar-refractivity contribution is -0.173. The predicted octanol–water partition coefficient (Wildman–Crippen LogP) is 1.60. The number of halogens is 6. The average Bonchev–Trinajstić information content (AvgIpc) is 2.71. The minimum absolute atomic E-state index is 0.273. The van der Waals surface area contributed by atoms with E-state index in [-0.39, 0.29) is 11.3 Å². The van der Waals surface area contributed by atoms with Crippen LogP contribution in [0.3, 0.4) is 0 Å². The number of aromatic nitrogens is 3. The Balaban J connectivity index is 3.23. The number of carbonyl (C=O) groups excluding carboxylic acids is 2. The molecule has 6 nitrogen and oxygen atoms in total. The highest BCUT2D eigenvalue weighted by Gasteiger charge is 2.45. The summed E-state index contributed by atoms with van der Waals surface area (Å²) in [6.07, 6.45) is -10.6. The summed E-state index contributed by atoms with van der Waals surface area (Å²) in [7, 11) is 0. The zero-order valence-electron chi connectivity index (χ0n) is 10.2. The van der Waals surface area contributed by atoms with Crippen molar-refractivity contribution in [3.63, 3.8) is 0 Å². The van der Waals surface area contributed by atoms with Gasteiger partial charge >= 0.3 is 18.3 Å². The van der Waals surface area contributed by atoms with Crippen LogP contribution >= 0.6 is 0 Å². The van der Waals surface area contributed by atoms with Gasteiger partial charge < -0.3 is 4.74 Å². The van der Waals surface area contributed by atoms with Crippen LogP contribution in [0.2, 0.25) is 0 Å². The van der Waals surface area contributed by atoms with Crippen molar-refractivity contribution in [3.8, 4) is 0 Å². The number of hydrogen-bond donors (Lipinski definition) is 0. The maximum absolute atomic E-state index is 12.8. The van der Waals surface area contributed by atoms with E-state index in [1.807, 2.05) is 0 Å². The van der Waals surface area contributed by atoms with Gasteiger partial charge in [0.05, 0.1) is 6.61 Å². The van der Waals surface area contributed by atoms with Crippen LogP contribution in [0, 0.1) is 0 Å². The Morgan fingerprint density at radius 2 is 1.76 bits per heavy atom. The quantitative estimate of drug-likeness (QED) is 0.622. The molecule has 0 atom stereocenters. The fourth-order valence-electron chi connectivity index (χ4n) is 1.27. The first kappa shape index (κ1) is 16.9. The third-order valence-electron chi connectivity index (χ3n) is 2.08. The number of ketones is 1. The molecule has 0 aliphatic carbocycles. The van der Waals surface area contributed by atoms with Crippen LogP contribution in [0.25, 0.3) is 0 Å². The van der Waals surface area contributed by atoms with Crippen molar-refractivity contribution < 1.29 is 40.7 Å². The van der Waals surface area contributed by atoms with E-state index in [1.54, 1.807) is 0 Å². The fourth-order valence-corrected chi connectivity index (χ4v) is 1.27. The number of rotatable bonds is 4. The second-order valence-corrected chi connectivity index (χ2v) is 3.58. The lowest BCUT2D eigenvalue weighted by Gasteiger charge is -2.11. The molecule has 118 valence electrons. The maximum Gasteiger partial charge on any atom is 0.451 e. The standard InChI is InChI=1S/C9H7F6N3O3/c1-2-21-7(20)5-6(9(13,14)15)18(17-16-5)3-4(19)8(10,11)12/h2-3H2,1H3. The normalized spacial score (nSPS) is 12.3. The highest BCUT2D eigenvalue weighted by Crippen LogP contribution is 2.32. The Kier molecular flexibility index (Phi) is 4.59. The molecule has 0 aliphatic heterocycles. The smallest absolute Gasteiger partial charge is 0.451 e. The summed E-state index contributed by atoms with van der Waals surface area (Å²) in [6.45, 7) is -0.710. The van der Waals surface area contributed by atoms with Crippen molar-refractivity contribution in [3.05, 3.63) is 11.4 Å². The van der Waals surface area contributed by atoms with Crippen molar-refractivity contribution in [1.82, 2.24) is 15.0 Å². The molecule has 21 heavy (non-hydrogen) atoms. The van der Waals surface area contributed by atoms with E-state index in [2.05, 4.69) is 15.0 Å². The van der Waals surface area contributed by atoms with Crippen LogP contribution in [-0.4, -0.2) is 39.5 Å². The molecule has 1 rings (SSSR count). The van der Waals surface area contributed by atoms with Crippen molar-refractivity contribution in [2.75, 3.05) is 6.61 Å². The molecular weight excluding hydrogens is 312 g/mol. The number of hydrogen-bond acceptors (Lipinski definition) is 5. The molecule has 0 aromatic carbocycles. The van der Waals surface area contributed by atoms with Crippen molar-refractivity contribution in [2.45, 2.75) is 25.8 Å². The lowest BCUT2D eigenvalue weighted by Crippen LogP contribution is -2.30. The molecule has 1 heterocycles. The Hall–Kier alpha value is -2.14. The minimum atomic E-state index is -5.33. The first-order valence-electron chi connectivity index (χ1n) is 5.26. The van der Waals surface area contributed by atoms with E-state index in [0.29, 0.717) is 0 Å². The number of nitrogens with zero attached hydrogens (tertiary/aromatic N) is 3. The molecule has 1 aromatic heterocycles. The molecule has 0 saturated heterocycles. The van der Waals surface area contributed by atoms with Gasteiger partial charge in [-0.15, -0.1) is 5.10 Å². The van der Waals surface area contributed by atoms with Crippen molar-refractivity contribution in [2.24, 2.45) is 0 Å². The molecule has 0 radical (unpaired) electrons. The van der Waals surface area contributed by atoms with Gasteiger partial charge in [-0.2, -0.15) is 26.3 Å². The van der Waals surface area contributed by atoms with Crippen molar-refractivity contribution in [1.29, 1.82) is 0 Å². The van der Waals surface area contributed by atoms with Crippen LogP contribution in [0.5, 0.6) is 0 Å². The van der Waals surface area contributed by atoms with Crippen LogP contribution < -0.4 is 0 Å². The number of carbonyl (C=O) groups is 2. The van der Waals surface area contributed by atoms with Gasteiger partial charge in [0.2, 0.25) is 5.69 Å². The number of alkyl halides is 6. The van der Waals surface area contributed by atoms with Gasteiger partial charge in [0.25, 0.3) is 5.78 Å². The summed E-state index contributed by atoms with van der Waals surface area (Å²) in [6, 6.07) is 0. The molecule has 0 aliphatic rings. The van der Waals surface area contributed by atoms with Crippen LogP contribution in [0.15, 0.2) is 0 Å². The second kappa shape index (κ2) is 5.69. The molecular formula is C9H7F6N3O3. The van der Waals surface area contributed by atoms with E-state index < -0.39 is 42.0 Å². The summed E-state index contributed by atoms with van der Waals surface area (Å²) < 4.78 is 78.5. The number of ether oxygens (including phenoxy) is 1. The first-order valence-corrected chi connectivity index (χ1v) is 5.26. The van der Waals surface area contributed by atoms with Gasteiger partial charge in [-0.05, 0) is 6.92 Å². The van der Waals surface area contributed by atoms with E-state index >= 15 is 0 Å². The van der Waals surface area contributed by atoms with E-state index in [9.17, 15) is 35.9 Å². The zero-order valence-corrected chi connectivity index (χ0v) is 10.2. The highest BCUT2D eigenvalue weighted by atomic mass is 19.4. The third-order valence-corrected chi connectivity index (χ3v) is 2.08. The number of Topliss-reactive ketones (excluding diaryl/α,β-unsaturated/α-hetero) is 1. The second-order valence-electron chi connectivity index (χ2n) is 3.58. The lowest BCUT2D eigenvalue weighted by atomic mass is 10.3. The molecule has 12 heteroatoms. The zero-order chi connectivity index (χ0) is 16.4. The molecule has 0 N–H and O–H groups in total. The summed E-state index contributed by atoms with van der Waals surface area (Å²) in [5.41, 5.74) is -3.18. The van der Waals surface area contributed by atoms with Crippen LogP contribution in [0.1, 0.15) is 23.1 Å². The van der Waals surface area contributed by atoms with E-state index in [1.165, 1.54) is 6.92 Å². The average molecular weight is 319 g/mol. The van der Waals surface area contributed by atoms with Gasteiger partial charge in [0.15, 0.2) is 5.69 Å². The molecule has 0 bridgehead atoms. The van der Waals surface area contributed by atoms with Gasteiger partial charge in [-0.1, -0.05) is 5.21 Å². The first-order chi connectivity index (χ1) is 9.48. The molecule has 0 saturated carbocycles. The molecule has 0 amide bonds. The Labute approximate surface area is 112 Å². The summed E-state index contributed by atoms with van der Waals surface area (Å²) >= 11 is 0. The topological polar surface area (TPSA) is 74.1 Å². The summed E-state index contributed by atoms with van der Waals surface area (Å²) in [5.74, 6) is -3.97. The van der Waals surface area contributed by atoms with Gasteiger partial charge in [0, 0.05) is 0 Å². The SMILES string of the molecule is CCOC(=O)c1nnn(CC(=O)C(F)(F)F)c1C(F)(F)F. The number of esters is 1. The third kappa shape index (κ3) is 3.92. The predicted molar refractivity (Wildman–Crippen MR) is 52.0 cm³/mol. The maximum atomic E-state index is 12.8. The van der Waals surface area contributed by atoms with Gasteiger partial charge in [0.1, 0.15) is 6.54 Å². The molecule has 0 unspecified atom stereocenters. The highest BCUT2D eigenvalue weighted by molar-refractivity contribution is 5.89. The Morgan fingerprint density at radius 1 is 1.19 bits per heavy atom. The minimum Gasteiger partial charge on any atom is -0.461 e. The molecule has 0 spiro atoms. The fraction of sp³-hybridized carbons (Fsp3) is 0.556. The summed E-state index contributed by atoms with van der Waals surface area (Å²) in [5, 5.41) is 5.60. The van der Waals surface area contributed by atoms with Crippen molar-refractivity contribution >= 4 is 11.8 Å². The Morgan fingerprint density at radius 3 is 2.19 bits per heavy atom. The van der Waals surface area contributed by atoms with Gasteiger partial charge in [-0.3, -0.25) is 4.79 Å². The summed E-state index contributed by atoms with van der Waals surface area (Å²) in [4.78, 5) is 22.0. The van der Waals surface area contributed by atoms with Crippen LogP contribution in [0.4, 0.5) is 26.3 Å². The molecule has 0 fully saturated rings. The largest absolute Gasteiger partial charge is 0.461 e. The van der Waals surface area contributed by atoms with E-state index in [0.717, 1.165) is 0 Å². The Bertz CT molecular complexity index is 548. The van der Waals surface area contributed by atoms with Gasteiger partial charge in [-0.25, -0.2) is 9.48 Å². The molecule has 1 aromatic rings. The monoisotopic (exact) mass is 319 g/mol.